The first-order chi connectivity index (χ1) is 6.82. The van der Waals surface area contributed by atoms with Gasteiger partial charge in [-0.1, -0.05) is 0 Å². The molecule has 15 heavy (non-hydrogen) atoms. The lowest BCUT2D eigenvalue weighted by Gasteiger charge is -2.32. The molecule has 0 aromatic rings. The van der Waals surface area contributed by atoms with Crippen molar-refractivity contribution in [3.63, 3.8) is 0 Å². The number of morpholine rings is 1. The van der Waals surface area contributed by atoms with Crippen molar-refractivity contribution in [1.29, 1.82) is 0 Å². The highest BCUT2D eigenvalue weighted by Gasteiger charge is 2.30. The molecule has 88 valence electrons. The molecule has 0 aliphatic carbocycles. The second-order valence-corrected chi connectivity index (χ2v) is 6.30. The molecule has 0 spiro atoms. The van der Waals surface area contributed by atoms with E-state index in [1.54, 1.807) is 4.90 Å². The third-order valence-electron chi connectivity index (χ3n) is 2.54. The standard InChI is InChI=1S/C9H17NO4S/c1-7-6-10(4-5-14-7)9(11)8(2)15(3,12)13/h7-8H,4-6H2,1-3H3/t7-,8+/m0/s1. The summed E-state index contributed by atoms with van der Waals surface area (Å²) in [6.45, 7) is 4.72. The Kier molecular flexibility index (Phi) is 3.72. The first kappa shape index (κ1) is 12.4. The number of hydrogen-bond acceptors (Lipinski definition) is 4. The van der Waals surface area contributed by atoms with Crippen molar-refractivity contribution in [3.05, 3.63) is 0 Å². The van der Waals surface area contributed by atoms with Crippen LogP contribution in [-0.2, 0) is 19.4 Å². The Labute approximate surface area is 90.3 Å². The fourth-order valence-corrected chi connectivity index (χ4v) is 1.97. The van der Waals surface area contributed by atoms with Crippen LogP contribution in [0.4, 0.5) is 0 Å². The van der Waals surface area contributed by atoms with Gasteiger partial charge in [-0.3, -0.25) is 4.79 Å². The van der Waals surface area contributed by atoms with E-state index in [2.05, 4.69) is 0 Å². The molecule has 2 atom stereocenters. The Hall–Kier alpha value is -0.620. The Morgan fingerprint density at radius 1 is 1.53 bits per heavy atom. The van der Waals surface area contributed by atoms with Crippen molar-refractivity contribution in [3.8, 4) is 0 Å². The molecule has 0 aromatic heterocycles. The van der Waals surface area contributed by atoms with Crippen molar-refractivity contribution in [1.82, 2.24) is 4.90 Å². The van der Waals surface area contributed by atoms with Gasteiger partial charge in [0, 0.05) is 19.3 Å². The lowest BCUT2D eigenvalue weighted by molar-refractivity contribution is -0.137. The predicted molar refractivity (Wildman–Crippen MR) is 56.3 cm³/mol. The molecule has 1 saturated heterocycles. The molecule has 5 nitrogen and oxygen atoms in total. The lowest BCUT2D eigenvalue weighted by atomic mass is 10.3. The van der Waals surface area contributed by atoms with E-state index in [1.165, 1.54) is 6.92 Å². The molecule has 0 bridgehead atoms. The molecule has 1 aliphatic rings. The monoisotopic (exact) mass is 235 g/mol. The summed E-state index contributed by atoms with van der Waals surface area (Å²) in [4.78, 5) is 13.3. The van der Waals surface area contributed by atoms with E-state index >= 15 is 0 Å². The van der Waals surface area contributed by atoms with Crippen molar-refractivity contribution >= 4 is 15.7 Å². The molecule has 0 radical (unpaired) electrons. The number of amides is 1. The van der Waals surface area contributed by atoms with E-state index in [-0.39, 0.29) is 12.0 Å². The first-order valence-corrected chi connectivity index (χ1v) is 6.87. The average Bonchev–Trinajstić information content (AvgIpc) is 2.14. The molecule has 0 aromatic carbocycles. The van der Waals surface area contributed by atoms with Crippen LogP contribution >= 0.6 is 0 Å². The fourth-order valence-electron chi connectivity index (χ4n) is 1.46. The Morgan fingerprint density at radius 2 is 2.13 bits per heavy atom. The molecule has 6 heteroatoms. The van der Waals surface area contributed by atoms with Gasteiger partial charge in [-0.25, -0.2) is 8.42 Å². The van der Waals surface area contributed by atoms with E-state index in [0.29, 0.717) is 19.7 Å². The van der Waals surface area contributed by atoms with Gasteiger partial charge in [0.1, 0.15) is 5.25 Å². The van der Waals surface area contributed by atoms with Gasteiger partial charge < -0.3 is 9.64 Å². The molecular formula is C9H17NO4S. The number of ether oxygens (including phenoxy) is 1. The van der Waals surface area contributed by atoms with Gasteiger partial charge in [-0.2, -0.15) is 0 Å². The number of carbonyl (C=O) groups excluding carboxylic acids is 1. The Morgan fingerprint density at radius 3 is 2.60 bits per heavy atom. The Balaban J connectivity index is 2.68. The summed E-state index contributed by atoms with van der Waals surface area (Å²) in [7, 11) is -3.30. The summed E-state index contributed by atoms with van der Waals surface area (Å²) in [5.41, 5.74) is 0. The highest BCUT2D eigenvalue weighted by molar-refractivity contribution is 7.92. The molecule has 1 heterocycles. The summed E-state index contributed by atoms with van der Waals surface area (Å²) in [6.07, 6.45) is 1.06. The number of nitrogens with zero attached hydrogens (tertiary/aromatic N) is 1. The van der Waals surface area contributed by atoms with Crippen LogP contribution in [0.2, 0.25) is 0 Å². The van der Waals surface area contributed by atoms with Gasteiger partial charge in [0.2, 0.25) is 5.91 Å². The van der Waals surface area contributed by atoms with Crippen molar-refractivity contribution in [2.45, 2.75) is 25.2 Å². The largest absolute Gasteiger partial charge is 0.375 e. The summed E-state index contributed by atoms with van der Waals surface area (Å²) < 4.78 is 27.7. The van der Waals surface area contributed by atoms with Crippen LogP contribution < -0.4 is 0 Å². The van der Waals surface area contributed by atoms with Crippen molar-refractivity contribution in [2.75, 3.05) is 26.0 Å². The second-order valence-electron chi connectivity index (χ2n) is 3.94. The van der Waals surface area contributed by atoms with Crippen LogP contribution in [-0.4, -0.2) is 56.5 Å². The van der Waals surface area contributed by atoms with Gasteiger partial charge in [0.25, 0.3) is 0 Å². The van der Waals surface area contributed by atoms with Crippen LogP contribution in [0.15, 0.2) is 0 Å². The van der Waals surface area contributed by atoms with Gasteiger partial charge in [0.05, 0.1) is 12.7 Å². The van der Waals surface area contributed by atoms with Crippen molar-refractivity contribution in [2.24, 2.45) is 0 Å². The quantitative estimate of drug-likeness (QED) is 0.657. The predicted octanol–water partition coefficient (Wildman–Crippen LogP) is -0.333. The summed E-state index contributed by atoms with van der Waals surface area (Å²) in [6, 6.07) is 0. The SMILES string of the molecule is C[C@H](C(=O)N1CCO[C@@H](C)C1)S(C)(=O)=O. The normalized spacial score (nSPS) is 25.0. The van der Waals surface area contributed by atoms with Crippen LogP contribution in [0.5, 0.6) is 0 Å². The molecule has 0 saturated carbocycles. The molecular weight excluding hydrogens is 218 g/mol. The third kappa shape index (κ3) is 3.17. The third-order valence-corrected chi connectivity index (χ3v) is 4.03. The number of sulfone groups is 1. The maximum atomic E-state index is 11.8. The van der Waals surface area contributed by atoms with Gasteiger partial charge in [-0.05, 0) is 13.8 Å². The number of rotatable bonds is 2. The molecule has 1 aliphatic heterocycles. The molecule has 0 N–H and O–H groups in total. The highest BCUT2D eigenvalue weighted by atomic mass is 32.2. The first-order valence-electron chi connectivity index (χ1n) is 4.91. The van der Waals surface area contributed by atoms with Crippen LogP contribution in [0.1, 0.15) is 13.8 Å². The minimum atomic E-state index is -3.30. The second kappa shape index (κ2) is 4.49. The van der Waals surface area contributed by atoms with Gasteiger partial charge in [-0.15, -0.1) is 0 Å². The zero-order chi connectivity index (χ0) is 11.6. The topological polar surface area (TPSA) is 63.7 Å². The van der Waals surface area contributed by atoms with Gasteiger partial charge >= 0.3 is 0 Å². The van der Waals surface area contributed by atoms with E-state index < -0.39 is 15.1 Å². The fraction of sp³-hybridized carbons (Fsp3) is 0.889. The minimum absolute atomic E-state index is 0.0190. The molecule has 1 fully saturated rings. The highest BCUT2D eigenvalue weighted by Crippen LogP contribution is 2.09. The van der Waals surface area contributed by atoms with Crippen LogP contribution in [0.25, 0.3) is 0 Å². The summed E-state index contributed by atoms with van der Waals surface area (Å²) in [5, 5.41) is -0.956. The average molecular weight is 235 g/mol. The zero-order valence-electron chi connectivity index (χ0n) is 9.26. The maximum Gasteiger partial charge on any atom is 0.240 e. The molecule has 0 unspecified atom stereocenters. The summed E-state index contributed by atoms with van der Waals surface area (Å²) in [5.74, 6) is -0.326. The molecule has 1 rings (SSSR count). The van der Waals surface area contributed by atoms with Crippen molar-refractivity contribution < 1.29 is 17.9 Å². The number of hydrogen-bond donors (Lipinski definition) is 0. The number of carbonyl (C=O) groups is 1. The van der Waals surface area contributed by atoms with E-state index in [4.69, 9.17) is 4.74 Å². The lowest BCUT2D eigenvalue weighted by Crippen LogP contribution is -2.49. The van der Waals surface area contributed by atoms with Gasteiger partial charge in [0.15, 0.2) is 9.84 Å². The Bertz CT molecular complexity index is 338. The van der Waals surface area contributed by atoms with E-state index in [0.717, 1.165) is 6.26 Å². The minimum Gasteiger partial charge on any atom is -0.375 e. The van der Waals surface area contributed by atoms with Crippen LogP contribution in [0.3, 0.4) is 0 Å². The zero-order valence-corrected chi connectivity index (χ0v) is 10.1. The molecule has 1 amide bonds. The van der Waals surface area contributed by atoms with E-state index in [1.807, 2.05) is 6.92 Å². The maximum absolute atomic E-state index is 11.8. The summed E-state index contributed by atoms with van der Waals surface area (Å²) >= 11 is 0. The smallest absolute Gasteiger partial charge is 0.240 e. The van der Waals surface area contributed by atoms with Crippen LogP contribution in [0, 0.1) is 0 Å². The van der Waals surface area contributed by atoms with E-state index in [9.17, 15) is 13.2 Å².